The summed E-state index contributed by atoms with van der Waals surface area (Å²) in [7, 11) is 0. The molecule has 1 N–H and O–H groups in total. The number of hydrogen-bond acceptors (Lipinski definition) is 3. The van der Waals surface area contributed by atoms with Crippen LogP contribution in [-0.4, -0.2) is 16.4 Å². The van der Waals surface area contributed by atoms with Gasteiger partial charge in [0.1, 0.15) is 0 Å². The Hall–Kier alpha value is -3.28. The Kier molecular flexibility index (Phi) is 6.96. The number of carbonyl (C=O) groups is 2. The summed E-state index contributed by atoms with van der Waals surface area (Å²) in [6.45, 7) is 5.33. The molecule has 0 radical (unpaired) electrons. The van der Waals surface area contributed by atoms with Crippen LogP contribution in [0.2, 0.25) is 10.0 Å². The normalized spacial score (nSPS) is 11.9. The summed E-state index contributed by atoms with van der Waals surface area (Å²) in [5.41, 5.74) is 5.45. The van der Waals surface area contributed by atoms with E-state index in [0.29, 0.717) is 27.7 Å². The Morgan fingerprint density at radius 2 is 1.71 bits per heavy atom. The number of benzene rings is 3. The molecule has 0 saturated heterocycles. The molecule has 0 bridgehead atoms. The van der Waals surface area contributed by atoms with Crippen molar-refractivity contribution >= 4 is 51.7 Å². The molecule has 7 heteroatoms. The second kappa shape index (κ2) is 9.92. The number of nitrogens with one attached hydrogen (secondary N) is 1. The number of anilines is 1. The number of ether oxygens (including phenoxy) is 1. The van der Waals surface area contributed by atoms with Gasteiger partial charge < -0.3 is 14.6 Å². The van der Waals surface area contributed by atoms with Gasteiger partial charge in [0.2, 0.25) is 0 Å². The second-order valence-corrected chi connectivity index (χ2v) is 8.93. The van der Waals surface area contributed by atoms with E-state index >= 15 is 0 Å². The molecule has 1 atom stereocenters. The van der Waals surface area contributed by atoms with E-state index in [1.165, 1.54) is 12.5 Å². The van der Waals surface area contributed by atoms with E-state index in [1.807, 2.05) is 56.3 Å². The first-order chi connectivity index (χ1) is 16.2. The lowest BCUT2D eigenvalue weighted by atomic mass is 10.0. The van der Waals surface area contributed by atoms with Crippen LogP contribution in [0.4, 0.5) is 5.69 Å². The van der Waals surface area contributed by atoms with Gasteiger partial charge in [0.05, 0.1) is 15.6 Å². The maximum absolute atomic E-state index is 12.5. The fourth-order valence-corrected chi connectivity index (χ4v) is 4.49. The minimum atomic E-state index is -0.407. The molecule has 5 nitrogen and oxygen atoms in total. The van der Waals surface area contributed by atoms with Gasteiger partial charge in [-0.05, 0) is 67.8 Å². The largest absolute Gasteiger partial charge is 0.442 e. The van der Waals surface area contributed by atoms with Gasteiger partial charge in [0, 0.05) is 29.3 Å². The van der Waals surface area contributed by atoms with Crippen molar-refractivity contribution in [2.45, 2.75) is 33.4 Å². The number of fused-ring (bicyclic) bond motifs is 1. The molecule has 4 aromatic rings. The molecule has 174 valence electrons. The molecule has 0 aliphatic rings. The zero-order valence-electron chi connectivity index (χ0n) is 19.1. The number of para-hydroxylation sites is 1. The average Bonchev–Trinajstić information content (AvgIpc) is 3.08. The zero-order valence-corrected chi connectivity index (χ0v) is 20.6. The molecular weight excluding hydrogens is 471 g/mol. The molecule has 1 heterocycles. The van der Waals surface area contributed by atoms with Gasteiger partial charge in [-0.2, -0.15) is 0 Å². The van der Waals surface area contributed by atoms with Crippen molar-refractivity contribution in [3.8, 4) is 0 Å². The topological polar surface area (TPSA) is 60.3 Å². The molecule has 1 unspecified atom stereocenters. The standard InChI is InChI=1S/C27H24Cl2N2O3/c1-16-23(22-6-4-5-7-26(22)31(16)17(2)34-18(3)32)14-19-8-11-21(12-9-19)30-27(33)20-10-13-24(28)25(29)15-20/h4-13,15,17H,14H2,1-3H3,(H,30,33). The highest BCUT2D eigenvalue weighted by Crippen LogP contribution is 2.31. The van der Waals surface area contributed by atoms with Crippen molar-refractivity contribution in [1.82, 2.24) is 4.57 Å². The summed E-state index contributed by atoms with van der Waals surface area (Å²) in [6, 6.07) is 20.6. The highest BCUT2D eigenvalue weighted by Gasteiger charge is 2.19. The first kappa shape index (κ1) is 23.9. The molecular formula is C27H24Cl2N2O3. The number of hydrogen-bond donors (Lipinski definition) is 1. The smallest absolute Gasteiger partial charge is 0.304 e. The molecule has 34 heavy (non-hydrogen) atoms. The fourth-order valence-electron chi connectivity index (χ4n) is 4.20. The third-order valence-electron chi connectivity index (χ3n) is 5.76. The number of nitrogens with zero attached hydrogens (tertiary/aromatic N) is 1. The Morgan fingerprint density at radius 1 is 1.00 bits per heavy atom. The molecule has 0 aliphatic heterocycles. The lowest BCUT2D eigenvalue weighted by Crippen LogP contribution is -2.13. The van der Waals surface area contributed by atoms with Crippen molar-refractivity contribution in [1.29, 1.82) is 0 Å². The van der Waals surface area contributed by atoms with Crippen LogP contribution in [0, 0.1) is 6.92 Å². The second-order valence-electron chi connectivity index (χ2n) is 8.12. The van der Waals surface area contributed by atoms with Crippen LogP contribution in [0.5, 0.6) is 0 Å². The van der Waals surface area contributed by atoms with E-state index in [1.54, 1.807) is 18.2 Å². The minimum absolute atomic E-state index is 0.260. The van der Waals surface area contributed by atoms with E-state index in [9.17, 15) is 9.59 Å². The summed E-state index contributed by atoms with van der Waals surface area (Å²) in [5, 5.41) is 4.74. The molecule has 0 fully saturated rings. The highest BCUT2D eigenvalue weighted by atomic mass is 35.5. The molecule has 0 spiro atoms. The van der Waals surface area contributed by atoms with Crippen LogP contribution in [-0.2, 0) is 16.0 Å². The number of halogens is 2. The maximum Gasteiger partial charge on any atom is 0.304 e. The number of amides is 1. The first-order valence-corrected chi connectivity index (χ1v) is 11.6. The van der Waals surface area contributed by atoms with E-state index in [-0.39, 0.29) is 11.9 Å². The summed E-state index contributed by atoms with van der Waals surface area (Å²) in [5.74, 6) is -0.575. The molecule has 4 rings (SSSR count). The predicted molar refractivity (Wildman–Crippen MR) is 137 cm³/mol. The lowest BCUT2D eigenvalue weighted by molar-refractivity contribution is -0.149. The minimum Gasteiger partial charge on any atom is -0.442 e. The van der Waals surface area contributed by atoms with Crippen molar-refractivity contribution in [2.24, 2.45) is 0 Å². The quantitative estimate of drug-likeness (QED) is 0.288. The first-order valence-electron chi connectivity index (χ1n) is 10.9. The van der Waals surface area contributed by atoms with Crippen molar-refractivity contribution < 1.29 is 14.3 Å². The maximum atomic E-state index is 12.5. The molecule has 0 saturated carbocycles. The zero-order chi connectivity index (χ0) is 24.4. The van der Waals surface area contributed by atoms with Crippen LogP contribution in [0.15, 0.2) is 66.7 Å². The number of carbonyl (C=O) groups excluding carboxylic acids is 2. The van der Waals surface area contributed by atoms with Gasteiger partial charge in [0.25, 0.3) is 5.91 Å². The SMILES string of the molecule is CC(=O)OC(C)n1c(C)c(Cc2ccc(NC(=O)c3ccc(Cl)c(Cl)c3)cc2)c2ccccc21. The van der Waals surface area contributed by atoms with Gasteiger partial charge in [-0.25, -0.2) is 0 Å². The Morgan fingerprint density at radius 3 is 2.38 bits per heavy atom. The van der Waals surface area contributed by atoms with Gasteiger partial charge in [-0.3, -0.25) is 9.59 Å². The predicted octanol–water partition coefficient (Wildman–Crippen LogP) is 7.18. The molecule has 1 amide bonds. The van der Waals surface area contributed by atoms with Crippen LogP contribution in [0.1, 0.15) is 47.3 Å². The van der Waals surface area contributed by atoms with Crippen LogP contribution in [0.25, 0.3) is 10.9 Å². The van der Waals surface area contributed by atoms with Gasteiger partial charge >= 0.3 is 5.97 Å². The van der Waals surface area contributed by atoms with Crippen molar-refractivity contribution in [3.63, 3.8) is 0 Å². The van der Waals surface area contributed by atoms with Crippen LogP contribution < -0.4 is 5.32 Å². The number of esters is 1. The third kappa shape index (κ3) is 4.96. The monoisotopic (exact) mass is 494 g/mol. The number of aromatic nitrogens is 1. The highest BCUT2D eigenvalue weighted by molar-refractivity contribution is 6.42. The van der Waals surface area contributed by atoms with E-state index in [0.717, 1.165) is 22.2 Å². The van der Waals surface area contributed by atoms with E-state index < -0.39 is 6.23 Å². The fraction of sp³-hybridized carbons (Fsp3) is 0.185. The van der Waals surface area contributed by atoms with Crippen molar-refractivity contribution in [3.05, 3.63) is 99.2 Å². The Bertz CT molecular complexity index is 1380. The lowest BCUT2D eigenvalue weighted by Gasteiger charge is -2.17. The van der Waals surface area contributed by atoms with E-state index in [4.69, 9.17) is 27.9 Å². The Balaban J connectivity index is 1.56. The molecule has 1 aromatic heterocycles. The summed E-state index contributed by atoms with van der Waals surface area (Å²) in [4.78, 5) is 24.1. The third-order valence-corrected chi connectivity index (χ3v) is 6.50. The average molecular weight is 495 g/mol. The summed E-state index contributed by atoms with van der Waals surface area (Å²) >= 11 is 12.0. The summed E-state index contributed by atoms with van der Waals surface area (Å²) < 4.78 is 7.51. The molecule has 0 aliphatic carbocycles. The van der Waals surface area contributed by atoms with E-state index in [2.05, 4.69) is 16.0 Å². The van der Waals surface area contributed by atoms with Crippen LogP contribution in [0.3, 0.4) is 0 Å². The Labute approximate surface area is 208 Å². The molecule has 3 aromatic carbocycles. The summed E-state index contributed by atoms with van der Waals surface area (Å²) in [6.07, 6.45) is 0.294. The van der Waals surface area contributed by atoms with Crippen molar-refractivity contribution in [2.75, 3.05) is 5.32 Å². The van der Waals surface area contributed by atoms with Crippen LogP contribution >= 0.6 is 23.2 Å². The van der Waals surface area contributed by atoms with Gasteiger partial charge in [-0.1, -0.05) is 53.5 Å². The van der Waals surface area contributed by atoms with Gasteiger partial charge in [-0.15, -0.1) is 0 Å². The number of rotatable bonds is 6. The van der Waals surface area contributed by atoms with Gasteiger partial charge in [0.15, 0.2) is 6.23 Å².